The smallest absolute Gasteiger partial charge is 0.292 e. The monoisotopic (exact) mass is 478 g/mol. The number of hydrazine groups is 1. The van der Waals surface area contributed by atoms with Gasteiger partial charge in [-0.25, -0.2) is 4.63 Å². The predicted octanol–water partition coefficient (Wildman–Crippen LogP) is 3.01. The molecule has 0 aliphatic rings. The average molecular weight is 479 g/mol. The normalized spacial score (nSPS) is 11.3. The van der Waals surface area contributed by atoms with Crippen molar-refractivity contribution < 1.29 is 14.2 Å². The van der Waals surface area contributed by atoms with Crippen molar-refractivity contribution in [1.29, 1.82) is 0 Å². The largest absolute Gasteiger partial charge is 0.463 e. The minimum Gasteiger partial charge on any atom is -0.463 e. The van der Waals surface area contributed by atoms with Gasteiger partial charge in [-0.2, -0.15) is 4.68 Å². The number of aromatic nitrogens is 5. The summed E-state index contributed by atoms with van der Waals surface area (Å²) in [5.41, 5.74) is 13.5. The van der Waals surface area contributed by atoms with E-state index in [1.54, 1.807) is 6.92 Å². The number of para-hydroxylation sites is 1. The molecule has 0 radical (unpaired) electrons. The van der Waals surface area contributed by atoms with Crippen molar-refractivity contribution in [1.82, 2.24) is 36.2 Å². The maximum absolute atomic E-state index is 12.9. The number of carbonyl (C=O) groups excluding carboxylic acids is 1. The van der Waals surface area contributed by atoms with Gasteiger partial charge in [-0.1, -0.05) is 41.1 Å². The lowest BCUT2D eigenvalue weighted by molar-refractivity contribution is 0.0932. The van der Waals surface area contributed by atoms with Crippen molar-refractivity contribution >= 4 is 23.5 Å². The van der Waals surface area contributed by atoms with Crippen LogP contribution in [-0.4, -0.2) is 31.2 Å². The summed E-state index contributed by atoms with van der Waals surface area (Å²) in [4.78, 5) is 13.9. The first-order chi connectivity index (χ1) is 16.5. The Bertz CT molecular complexity index is 1290. The van der Waals surface area contributed by atoms with Gasteiger partial charge >= 0.3 is 0 Å². The Hall–Kier alpha value is -4.32. The number of amides is 1. The second-order valence-corrected chi connectivity index (χ2v) is 8.23. The Labute approximate surface area is 199 Å². The van der Waals surface area contributed by atoms with E-state index in [9.17, 15) is 4.79 Å². The first kappa shape index (κ1) is 22.9. The highest BCUT2D eigenvalue weighted by molar-refractivity contribution is 7.98. The number of nitrogen functional groups attached to an aromatic ring is 1. The molecule has 0 aliphatic heterocycles. The fraction of sp³-hybridized carbons (Fsp3) is 0.136. The standard InChI is InChI=1S/C22H22N8O3S/c1-14-8-10-17(11-9-14)34-13-18-19(25-29-30(18)21-20(23)27-33-28-21)22(31)26-24-15(2)12-32-16-6-4-3-5-7-16/h3-12,24H,13H2,1-2H3,(H2,23,27)(H,26,31). The van der Waals surface area contributed by atoms with E-state index in [1.165, 1.54) is 22.7 Å². The summed E-state index contributed by atoms with van der Waals surface area (Å²) in [5, 5.41) is 15.5. The third-order valence-electron chi connectivity index (χ3n) is 4.56. The van der Waals surface area contributed by atoms with E-state index in [-0.39, 0.29) is 17.3 Å². The van der Waals surface area contributed by atoms with Gasteiger partial charge < -0.3 is 10.5 Å². The lowest BCUT2D eigenvalue weighted by Gasteiger charge is -2.09. The number of nitrogens with two attached hydrogens (primary N) is 1. The van der Waals surface area contributed by atoms with Gasteiger partial charge in [0.2, 0.25) is 11.6 Å². The molecular formula is C22H22N8O3S. The van der Waals surface area contributed by atoms with Crippen LogP contribution in [0.25, 0.3) is 5.82 Å². The Morgan fingerprint density at radius 3 is 2.62 bits per heavy atom. The van der Waals surface area contributed by atoms with E-state index < -0.39 is 5.91 Å². The van der Waals surface area contributed by atoms with Gasteiger partial charge in [0.25, 0.3) is 5.91 Å². The number of ether oxygens (including phenoxy) is 1. The van der Waals surface area contributed by atoms with Crippen molar-refractivity contribution in [3.05, 3.63) is 83.5 Å². The SMILES string of the molecule is CC(=COc1ccccc1)NNC(=O)c1nnn(-c2nonc2N)c1CSc1ccc(C)cc1. The Balaban J connectivity index is 1.49. The number of nitrogens with one attached hydrogen (secondary N) is 2. The van der Waals surface area contributed by atoms with Crippen LogP contribution in [0.5, 0.6) is 5.75 Å². The van der Waals surface area contributed by atoms with Gasteiger partial charge in [-0.15, -0.1) is 16.9 Å². The molecule has 0 aliphatic carbocycles. The number of benzene rings is 2. The van der Waals surface area contributed by atoms with Crippen LogP contribution >= 0.6 is 11.8 Å². The van der Waals surface area contributed by atoms with Crippen LogP contribution in [0.1, 0.15) is 28.7 Å². The third-order valence-corrected chi connectivity index (χ3v) is 5.58. The Morgan fingerprint density at radius 2 is 1.91 bits per heavy atom. The van der Waals surface area contributed by atoms with Gasteiger partial charge in [0.05, 0.1) is 11.4 Å². The number of allylic oxidation sites excluding steroid dienone is 1. The molecule has 2 heterocycles. The zero-order valence-corrected chi connectivity index (χ0v) is 19.2. The van der Waals surface area contributed by atoms with Gasteiger partial charge in [0.1, 0.15) is 12.0 Å². The van der Waals surface area contributed by atoms with E-state index in [1.807, 2.05) is 61.5 Å². The lowest BCUT2D eigenvalue weighted by atomic mass is 10.2. The van der Waals surface area contributed by atoms with Crippen molar-refractivity contribution in [2.24, 2.45) is 0 Å². The molecule has 2 aromatic carbocycles. The predicted molar refractivity (Wildman–Crippen MR) is 126 cm³/mol. The lowest BCUT2D eigenvalue weighted by Crippen LogP contribution is -2.37. The van der Waals surface area contributed by atoms with Crippen LogP contribution < -0.4 is 21.3 Å². The highest BCUT2D eigenvalue weighted by atomic mass is 32.2. The van der Waals surface area contributed by atoms with E-state index in [4.69, 9.17) is 10.5 Å². The maximum atomic E-state index is 12.9. The van der Waals surface area contributed by atoms with Gasteiger partial charge in [-0.05, 0) is 48.4 Å². The molecule has 11 nitrogen and oxygen atoms in total. The van der Waals surface area contributed by atoms with Crippen molar-refractivity contribution in [2.75, 3.05) is 5.73 Å². The molecule has 0 unspecified atom stereocenters. The van der Waals surface area contributed by atoms with Crippen molar-refractivity contribution in [3.63, 3.8) is 0 Å². The molecule has 174 valence electrons. The molecule has 2 aromatic heterocycles. The van der Waals surface area contributed by atoms with E-state index >= 15 is 0 Å². The molecule has 4 rings (SSSR count). The van der Waals surface area contributed by atoms with Crippen molar-refractivity contribution in [2.45, 2.75) is 24.5 Å². The molecule has 0 saturated heterocycles. The second kappa shape index (κ2) is 10.5. The summed E-state index contributed by atoms with van der Waals surface area (Å²) in [5.74, 6) is 0.747. The Kier molecular flexibility index (Phi) is 7.08. The zero-order chi connectivity index (χ0) is 23.9. The van der Waals surface area contributed by atoms with E-state index in [0.29, 0.717) is 22.9 Å². The Morgan fingerprint density at radius 1 is 1.15 bits per heavy atom. The van der Waals surface area contributed by atoms with Gasteiger partial charge in [0.15, 0.2) is 5.69 Å². The van der Waals surface area contributed by atoms with Crippen LogP contribution in [0.3, 0.4) is 0 Å². The molecule has 4 N–H and O–H groups in total. The fourth-order valence-corrected chi connectivity index (χ4v) is 3.69. The molecular weight excluding hydrogens is 456 g/mol. The molecule has 1 amide bonds. The summed E-state index contributed by atoms with van der Waals surface area (Å²) in [6, 6.07) is 17.3. The minimum atomic E-state index is -0.492. The third kappa shape index (κ3) is 5.53. The number of nitrogens with zero attached hydrogens (tertiary/aromatic N) is 5. The molecule has 0 spiro atoms. The number of aryl methyl sites for hydroxylation is 1. The first-order valence-corrected chi connectivity index (χ1v) is 11.2. The summed E-state index contributed by atoms with van der Waals surface area (Å²) in [7, 11) is 0. The number of anilines is 1. The van der Waals surface area contributed by atoms with E-state index in [0.717, 1.165) is 10.5 Å². The summed E-state index contributed by atoms with van der Waals surface area (Å²) in [6.07, 6.45) is 1.49. The van der Waals surface area contributed by atoms with Crippen LogP contribution in [0, 0.1) is 6.92 Å². The number of carbonyl (C=O) groups is 1. The molecule has 4 aromatic rings. The molecule has 12 heteroatoms. The molecule has 0 fully saturated rings. The maximum Gasteiger partial charge on any atom is 0.292 e. The van der Waals surface area contributed by atoms with Gasteiger partial charge in [0, 0.05) is 10.6 Å². The minimum absolute atomic E-state index is 0.0356. The molecule has 0 saturated carbocycles. The average Bonchev–Trinajstić information content (AvgIpc) is 3.47. The van der Waals surface area contributed by atoms with Gasteiger partial charge in [-0.3, -0.25) is 15.6 Å². The van der Waals surface area contributed by atoms with E-state index in [2.05, 4.69) is 36.1 Å². The number of hydrogen-bond donors (Lipinski definition) is 3. The van der Waals surface area contributed by atoms with Crippen LogP contribution in [0.4, 0.5) is 5.82 Å². The van der Waals surface area contributed by atoms with Crippen molar-refractivity contribution in [3.8, 4) is 11.6 Å². The molecule has 34 heavy (non-hydrogen) atoms. The first-order valence-electron chi connectivity index (χ1n) is 10.2. The zero-order valence-electron chi connectivity index (χ0n) is 18.4. The highest BCUT2D eigenvalue weighted by Crippen LogP contribution is 2.26. The number of hydrogen-bond acceptors (Lipinski definition) is 10. The van der Waals surface area contributed by atoms with Crippen LogP contribution in [0.15, 0.2) is 76.1 Å². The molecule has 0 atom stereocenters. The molecule has 0 bridgehead atoms. The summed E-state index contributed by atoms with van der Waals surface area (Å²) in [6.45, 7) is 3.76. The second-order valence-electron chi connectivity index (χ2n) is 7.18. The highest BCUT2D eigenvalue weighted by Gasteiger charge is 2.24. The van der Waals surface area contributed by atoms with Crippen LogP contribution in [0.2, 0.25) is 0 Å². The number of thioether (sulfide) groups is 1. The number of rotatable bonds is 9. The topological polar surface area (TPSA) is 146 Å². The quantitative estimate of drug-likeness (QED) is 0.186. The summed E-state index contributed by atoms with van der Waals surface area (Å²) >= 11 is 1.51. The van der Waals surface area contributed by atoms with Crippen LogP contribution in [-0.2, 0) is 5.75 Å². The summed E-state index contributed by atoms with van der Waals surface area (Å²) < 4.78 is 11.6. The fourth-order valence-electron chi connectivity index (χ4n) is 2.80.